The Morgan fingerprint density at radius 1 is 1.35 bits per heavy atom. The first-order chi connectivity index (χ1) is 9.38. The van der Waals surface area contributed by atoms with E-state index in [4.69, 9.17) is 5.73 Å². The van der Waals surface area contributed by atoms with E-state index in [-0.39, 0.29) is 4.90 Å². The summed E-state index contributed by atoms with van der Waals surface area (Å²) in [6.45, 7) is 4.43. The van der Waals surface area contributed by atoms with E-state index in [1.165, 1.54) is 6.07 Å². The van der Waals surface area contributed by atoms with Crippen LogP contribution in [0, 0.1) is 12.8 Å². The molecule has 2 rings (SSSR count). The average Bonchev–Trinajstić information content (AvgIpc) is 2.41. The Bertz CT molecular complexity index is 564. The normalized spacial score (nSPS) is 18.3. The molecule has 3 N–H and O–H groups in total. The lowest BCUT2D eigenvalue weighted by Crippen LogP contribution is -2.36. The molecule has 112 valence electrons. The van der Waals surface area contributed by atoms with Crippen LogP contribution in [0.3, 0.4) is 0 Å². The number of anilines is 1. The van der Waals surface area contributed by atoms with E-state index in [9.17, 15) is 8.42 Å². The van der Waals surface area contributed by atoms with Crippen LogP contribution in [0.2, 0.25) is 0 Å². The first-order valence-corrected chi connectivity index (χ1v) is 8.41. The second-order valence-corrected chi connectivity index (χ2v) is 7.38. The van der Waals surface area contributed by atoms with Crippen molar-refractivity contribution in [2.75, 3.05) is 32.4 Å². The quantitative estimate of drug-likeness (QED) is 0.819. The molecule has 0 bridgehead atoms. The summed E-state index contributed by atoms with van der Waals surface area (Å²) in [6.07, 6.45) is 2.07. The summed E-state index contributed by atoms with van der Waals surface area (Å²) in [7, 11) is -1.36. The van der Waals surface area contributed by atoms with Crippen molar-refractivity contribution in [3.8, 4) is 0 Å². The molecule has 6 heteroatoms. The molecule has 20 heavy (non-hydrogen) atoms. The van der Waals surface area contributed by atoms with Crippen LogP contribution in [0.1, 0.15) is 18.4 Å². The second kappa shape index (κ2) is 6.11. The highest BCUT2D eigenvalue weighted by atomic mass is 32.2. The van der Waals surface area contributed by atoms with Crippen LogP contribution >= 0.6 is 0 Å². The number of nitrogens with two attached hydrogens (primary N) is 1. The third kappa shape index (κ3) is 3.71. The van der Waals surface area contributed by atoms with Crippen molar-refractivity contribution >= 4 is 15.7 Å². The molecule has 1 aromatic rings. The summed E-state index contributed by atoms with van der Waals surface area (Å²) >= 11 is 0. The number of likely N-dealkylation sites (tertiary alicyclic amines) is 1. The molecule has 1 aliphatic rings. The number of nitrogen functional groups attached to an aromatic ring is 1. The fourth-order valence-corrected chi connectivity index (χ4v) is 3.51. The topological polar surface area (TPSA) is 75.4 Å². The van der Waals surface area contributed by atoms with Crippen molar-refractivity contribution in [2.45, 2.75) is 24.7 Å². The van der Waals surface area contributed by atoms with Crippen LogP contribution in [0.4, 0.5) is 5.69 Å². The monoisotopic (exact) mass is 297 g/mol. The standard InChI is InChI=1S/C14H23N3O2S/c1-11-3-4-13(9-14(11)15)20(18,19)16-10-12-5-7-17(2)8-6-12/h3-4,9,12,16H,5-8,10,15H2,1-2H3. The van der Waals surface area contributed by atoms with Gasteiger partial charge in [0.1, 0.15) is 0 Å². The summed E-state index contributed by atoms with van der Waals surface area (Å²) in [6, 6.07) is 4.86. The van der Waals surface area contributed by atoms with E-state index in [2.05, 4.69) is 16.7 Å². The predicted octanol–water partition coefficient (Wildman–Crippen LogP) is 1.20. The van der Waals surface area contributed by atoms with Crippen LogP contribution in [-0.2, 0) is 10.0 Å². The van der Waals surface area contributed by atoms with E-state index in [1.807, 2.05) is 6.92 Å². The number of hydrogen-bond donors (Lipinski definition) is 2. The summed E-state index contributed by atoms with van der Waals surface area (Å²) in [5.41, 5.74) is 7.17. The Labute approximate surface area is 121 Å². The molecule has 5 nitrogen and oxygen atoms in total. The highest BCUT2D eigenvalue weighted by Crippen LogP contribution is 2.19. The van der Waals surface area contributed by atoms with Crippen molar-refractivity contribution in [2.24, 2.45) is 5.92 Å². The van der Waals surface area contributed by atoms with Crippen LogP contribution in [0.25, 0.3) is 0 Å². The first kappa shape index (κ1) is 15.3. The van der Waals surface area contributed by atoms with Gasteiger partial charge < -0.3 is 10.6 Å². The van der Waals surface area contributed by atoms with Gasteiger partial charge in [-0.2, -0.15) is 0 Å². The van der Waals surface area contributed by atoms with Gasteiger partial charge in [0, 0.05) is 12.2 Å². The van der Waals surface area contributed by atoms with Crippen molar-refractivity contribution in [3.63, 3.8) is 0 Å². The van der Waals surface area contributed by atoms with E-state index in [1.54, 1.807) is 12.1 Å². The minimum absolute atomic E-state index is 0.244. The zero-order chi connectivity index (χ0) is 14.8. The molecule has 1 aliphatic heterocycles. The summed E-state index contributed by atoms with van der Waals surface area (Å²) in [4.78, 5) is 2.51. The minimum atomic E-state index is -3.46. The van der Waals surface area contributed by atoms with E-state index >= 15 is 0 Å². The maximum atomic E-state index is 12.2. The first-order valence-electron chi connectivity index (χ1n) is 6.93. The smallest absolute Gasteiger partial charge is 0.240 e. The molecule has 0 saturated carbocycles. The number of rotatable bonds is 4. The Balaban J connectivity index is 1.98. The van der Waals surface area contributed by atoms with Crippen molar-refractivity contribution in [1.82, 2.24) is 9.62 Å². The fraction of sp³-hybridized carbons (Fsp3) is 0.571. The number of benzene rings is 1. The van der Waals surface area contributed by atoms with Gasteiger partial charge in [-0.15, -0.1) is 0 Å². The lowest BCUT2D eigenvalue weighted by Gasteiger charge is -2.28. The maximum absolute atomic E-state index is 12.2. The Hall–Kier alpha value is -1.11. The molecule has 0 unspecified atom stereocenters. The molecular weight excluding hydrogens is 274 g/mol. The Morgan fingerprint density at radius 2 is 2.00 bits per heavy atom. The zero-order valence-electron chi connectivity index (χ0n) is 12.1. The number of hydrogen-bond acceptors (Lipinski definition) is 4. The van der Waals surface area contributed by atoms with Gasteiger partial charge in [-0.25, -0.2) is 13.1 Å². The molecule has 0 radical (unpaired) electrons. The molecular formula is C14H23N3O2S. The van der Waals surface area contributed by atoms with Gasteiger partial charge in [-0.05, 0) is 63.5 Å². The van der Waals surface area contributed by atoms with Crippen molar-refractivity contribution < 1.29 is 8.42 Å². The van der Waals surface area contributed by atoms with Crippen LogP contribution in [0.5, 0.6) is 0 Å². The van der Waals surface area contributed by atoms with Gasteiger partial charge in [0.15, 0.2) is 0 Å². The van der Waals surface area contributed by atoms with Gasteiger partial charge in [-0.1, -0.05) is 6.07 Å². The average molecular weight is 297 g/mol. The molecule has 0 aliphatic carbocycles. The highest BCUT2D eigenvalue weighted by molar-refractivity contribution is 7.89. The van der Waals surface area contributed by atoms with Gasteiger partial charge in [0.25, 0.3) is 0 Å². The number of aryl methyl sites for hydroxylation is 1. The molecule has 1 aromatic carbocycles. The molecule has 1 heterocycles. The Morgan fingerprint density at radius 3 is 2.60 bits per heavy atom. The largest absolute Gasteiger partial charge is 0.398 e. The maximum Gasteiger partial charge on any atom is 0.240 e. The molecule has 0 atom stereocenters. The lowest BCUT2D eigenvalue weighted by molar-refractivity contribution is 0.220. The number of piperidine rings is 1. The predicted molar refractivity (Wildman–Crippen MR) is 81.0 cm³/mol. The molecule has 1 saturated heterocycles. The SMILES string of the molecule is Cc1ccc(S(=O)(=O)NCC2CCN(C)CC2)cc1N. The summed E-state index contributed by atoms with van der Waals surface area (Å²) in [5.74, 6) is 0.420. The zero-order valence-corrected chi connectivity index (χ0v) is 12.9. The minimum Gasteiger partial charge on any atom is -0.398 e. The van der Waals surface area contributed by atoms with Crippen LogP contribution < -0.4 is 10.5 Å². The fourth-order valence-electron chi connectivity index (χ4n) is 2.36. The lowest BCUT2D eigenvalue weighted by atomic mass is 9.98. The summed E-state index contributed by atoms with van der Waals surface area (Å²) in [5, 5.41) is 0. The molecule has 0 amide bonds. The molecule has 0 spiro atoms. The number of sulfonamides is 1. The molecule has 0 aromatic heterocycles. The van der Waals surface area contributed by atoms with E-state index < -0.39 is 10.0 Å². The summed E-state index contributed by atoms with van der Waals surface area (Å²) < 4.78 is 27.2. The third-order valence-corrected chi connectivity index (χ3v) is 5.38. The van der Waals surface area contributed by atoms with Crippen molar-refractivity contribution in [3.05, 3.63) is 23.8 Å². The van der Waals surface area contributed by atoms with Crippen LogP contribution in [-0.4, -0.2) is 40.0 Å². The van der Waals surface area contributed by atoms with E-state index in [0.717, 1.165) is 31.5 Å². The van der Waals surface area contributed by atoms with Gasteiger partial charge in [0.2, 0.25) is 10.0 Å². The highest BCUT2D eigenvalue weighted by Gasteiger charge is 2.20. The van der Waals surface area contributed by atoms with Gasteiger partial charge in [0.05, 0.1) is 4.90 Å². The number of nitrogens with one attached hydrogen (secondary N) is 1. The Kier molecular flexibility index (Phi) is 4.67. The van der Waals surface area contributed by atoms with Crippen molar-refractivity contribution in [1.29, 1.82) is 0 Å². The second-order valence-electron chi connectivity index (χ2n) is 5.62. The van der Waals surface area contributed by atoms with Crippen LogP contribution in [0.15, 0.2) is 23.1 Å². The number of nitrogens with zero attached hydrogens (tertiary/aromatic N) is 1. The van der Waals surface area contributed by atoms with Gasteiger partial charge >= 0.3 is 0 Å². The molecule has 1 fully saturated rings. The van der Waals surface area contributed by atoms with Gasteiger partial charge in [-0.3, -0.25) is 0 Å². The third-order valence-electron chi connectivity index (χ3n) is 3.96. The van der Waals surface area contributed by atoms with E-state index in [0.29, 0.717) is 18.2 Å².